The molecule has 0 aliphatic rings. The molecule has 0 saturated carbocycles. The van der Waals surface area contributed by atoms with Crippen molar-refractivity contribution in [1.82, 2.24) is 19.9 Å². The van der Waals surface area contributed by atoms with Crippen LogP contribution in [0.15, 0.2) is 72.1 Å². The highest BCUT2D eigenvalue weighted by Gasteiger charge is 2.26. The lowest BCUT2D eigenvalue weighted by Crippen LogP contribution is -2.16. The van der Waals surface area contributed by atoms with Crippen molar-refractivity contribution in [3.63, 3.8) is 0 Å². The first-order chi connectivity index (χ1) is 18.2. The predicted molar refractivity (Wildman–Crippen MR) is 131 cm³/mol. The Morgan fingerprint density at radius 2 is 1.63 bits per heavy atom. The average Bonchev–Trinajstić information content (AvgIpc) is 3.34. The fourth-order valence-electron chi connectivity index (χ4n) is 3.71. The number of hydrogen-bond acceptors (Lipinski definition) is 7. The van der Waals surface area contributed by atoms with Gasteiger partial charge in [0.1, 0.15) is 17.3 Å². The molecule has 0 fully saturated rings. The van der Waals surface area contributed by atoms with Crippen LogP contribution in [0, 0.1) is 17.5 Å². The fourth-order valence-corrected chi connectivity index (χ4v) is 4.77. The number of aromatic amines is 1. The van der Waals surface area contributed by atoms with Gasteiger partial charge in [0.2, 0.25) is 5.78 Å². The van der Waals surface area contributed by atoms with Crippen LogP contribution >= 0.6 is 0 Å². The van der Waals surface area contributed by atoms with E-state index in [-0.39, 0.29) is 27.5 Å². The van der Waals surface area contributed by atoms with Crippen molar-refractivity contribution in [2.45, 2.75) is 4.90 Å². The first kappa shape index (κ1) is 24.9. The molecule has 0 amide bonds. The summed E-state index contributed by atoms with van der Waals surface area (Å²) in [5, 5.41) is 0.263. The number of halogens is 3. The minimum absolute atomic E-state index is 0.0971. The van der Waals surface area contributed by atoms with Gasteiger partial charge in [0, 0.05) is 46.9 Å². The van der Waals surface area contributed by atoms with Gasteiger partial charge >= 0.3 is 6.01 Å². The molecule has 0 saturated heterocycles. The van der Waals surface area contributed by atoms with Crippen molar-refractivity contribution in [1.29, 1.82) is 0 Å². The van der Waals surface area contributed by atoms with Gasteiger partial charge in [-0.25, -0.2) is 36.5 Å². The first-order valence-electron chi connectivity index (χ1n) is 10.8. The van der Waals surface area contributed by atoms with E-state index in [0.717, 1.165) is 36.4 Å². The van der Waals surface area contributed by atoms with Crippen molar-refractivity contribution in [2.24, 2.45) is 0 Å². The summed E-state index contributed by atoms with van der Waals surface area (Å²) >= 11 is 0. The maximum atomic E-state index is 15.4. The lowest BCUT2D eigenvalue weighted by Gasteiger charge is -2.12. The van der Waals surface area contributed by atoms with E-state index >= 15 is 4.39 Å². The summed E-state index contributed by atoms with van der Waals surface area (Å²) in [5.74, 6) is -4.32. The first-order valence-corrected chi connectivity index (χ1v) is 12.3. The normalized spacial score (nSPS) is 11.5. The zero-order valence-corrected chi connectivity index (χ0v) is 20.2. The number of hydrogen-bond donors (Lipinski definition) is 2. The average molecular weight is 539 g/mol. The van der Waals surface area contributed by atoms with Crippen molar-refractivity contribution in [3.8, 4) is 17.1 Å². The molecule has 0 bridgehead atoms. The topological polar surface area (TPSA) is 127 Å². The molecule has 9 nitrogen and oxygen atoms in total. The molecule has 0 aliphatic carbocycles. The van der Waals surface area contributed by atoms with Gasteiger partial charge < -0.3 is 9.72 Å². The monoisotopic (exact) mass is 539 g/mol. The lowest BCUT2D eigenvalue weighted by molar-refractivity contribution is 0.103. The molecular weight excluding hydrogens is 523 g/mol. The number of pyridine rings is 1. The molecule has 3 heterocycles. The number of anilines is 1. The zero-order valence-electron chi connectivity index (χ0n) is 19.4. The number of carbonyl (C=O) groups excluding carboxylic acids is 1. The van der Waals surface area contributed by atoms with Crippen LogP contribution in [0.25, 0.3) is 22.2 Å². The number of carbonyl (C=O) groups is 1. The Labute approximate surface area is 213 Å². The SMILES string of the molecule is COc1ncc(-c2cnc3[nH]cc(C(=O)c4c(F)ccc(NS(=O)(=O)c5ccc(F)cc5)c4F)c3c2)cn1. The summed E-state index contributed by atoms with van der Waals surface area (Å²) in [6.45, 7) is 0. The van der Waals surface area contributed by atoms with Crippen LogP contribution in [0.3, 0.4) is 0 Å². The van der Waals surface area contributed by atoms with Crippen molar-refractivity contribution < 1.29 is 31.1 Å². The molecule has 13 heteroatoms. The maximum absolute atomic E-state index is 15.4. The molecule has 0 atom stereocenters. The molecule has 0 spiro atoms. The molecule has 0 aliphatic heterocycles. The quantitative estimate of drug-likeness (QED) is 0.292. The summed E-state index contributed by atoms with van der Waals surface area (Å²) in [5.41, 5.74) is -0.373. The van der Waals surface area contributed by atoms with E-state index < -0.39 is 44.5 Å². The number of sulfonamides is 1. The highest BCUT2D eigenvalue weighted by atomic mass is 32.2. The second-order valence-corrected chi connectivity index (χ2v) is 9.64. The Balaban J connectivity index is 1.53. The molecule has 2 N–H and O–H groups in total. The van der Waals surface area contributed by atoms with Gasteiger partial charge in [0.05, 0.1) is 23.3 Å². The summed E-state index contributed by atoms with van der Waals surface area (Å²) in [4.78, 5) is 28.1. The number of nitrogens with zero attached hydrogens (tertiary/aromatic N) is 3. The molecular formula is C25H16F3N5O4S. The zero-order chi connectivity index (χ0) is 27.0. The highest BCUT2D eigenvalue weighted by Crippen LogP contribution is 2.30. The minimum atomic E-state index is -4.37. The van der Waals surface area contributed by atoms with Gasteiger partial charge in [0.15, 0.2) is 5.82 Å². The number of ether oxygens (including phenoxy) is 1. The molecule has 5 aromatic rings. The number of methoxy groups -OCH3 is 1. The maximum Gasteiger partial charge on any atom is 0.316 e. The van der Waals surface area contributed by atoms with Gasteiger partial charge in [-0.1, -0.05) is 0 Å². The van der Waals surface area contributed by atoms with Crippen molar-refractivity contribution in [2.75, 3.05) is 11.8 Å². The summed E-state index contributed by atoms with van der Waals surface area (Å²) in [6, 6.07) is 7.15. The number of ketones is 1. The van der Waals surface area contributed by atoms with Gasteiger partial charge in [-0.05, 0) is 42.5 Å². The standard InChI is InChI=1S/C25H16F3N5O4S/c1-37-25-31-10-14(11-32-25)13-8-17-18(12-30-24(17)29-9-13)23(34)21-19(27)6-7-20(22(21)28)33-38(35,36)16-4-2-15(26)3-5-16/h2-12,33H,1H3,(H,29,30). The Morgan fingerprint density at radius 3 is 2.32 bits per heavy atom. The predicted octanol–water partition coefficient (Wildman–Crippen LogP) is 4.48. The smallest absolute Gasteiger partial charge is 0.316 e. The number of H-pyrrole nitrogens is 1. The number of benzene rings is 2. The van der Waals surface area contributed by atoms with E-state index in [2.05, 4.69) is 19.9 Å². The Morgan fingerprint density at radius 1 is 0.947 bits per heavy atom. The second-order valence-electron chi connectivity index (χ2n) is 7.95. The molecule has 0 radical (unpaired) electrons. The van der Waals surface area contributed by atoms with Gasteiger partial charge in [0.25, 0.3) is 10.0 Å². The molecule has 0 unspecified atom stereocenters. The summed E-state index contributed by atoms with van der Waals surface area (Å²) < 4.78 is 75.5. The number of fused-ring (bicyclic) bond motifs is 1. The molecule has 2 aromatic carbocycles. The van der Waals surface area contributed by atoms with Crippen LogP contribution in [-0.2, 0) is 10.0 Å². The Bertz CT molecular complexity index is 1790. The lowest BCUT2D eigenvalue weighted by atomic mass is 10.0. The number of rotatable bonds is 7. The highest BCUT2D eigenvalue weighted by molar-refractivity contribution is 7.92. The van der Waals surface area contributed by atoms with Gasteiger partial charge in [-0.2, -0.15) is 0 Å². The van der Waals surface area contributed by atoms with Crippen molar-refractivity contribution >= 4 is 32.5 Å². The summed E-state index contributed by atoms with van der Waals surface area (Å²) in [6.07, 6.45) is 5.73. The molecule has 192 valence electrons. The fraction of sp³-hybridized carbons (Fsp3) is 0.0400. The van der Waals surface area contributed by atoms with Crippen LogP contribution in [-0.4, -0.2) is 41.2 Å². The largest absolute Gasteiger partial charge is 0.467 e. The second kappa shape index (κ2) is 9.59. The van der Waals surface area contributed by atoms with Gasteiger partial charge in [-0.3, -0.25) is 9.52 Å². The third kappa shape index (κ3) is 4.54. The van der Waals surface area contributed by atoms with E-state index in [4.69, 9.17) is 4.74 Å². The van der Waals surface area contributed by atoms with E-state index in [1.54, 1.807) is 6.07 Å². The van der Waals surface area contributed by atoms with Crippen LogP contribution in [0.5, 0.6) is 6.01 Å². The summed E-state index contributed by atoms with van der Waals surface area (Å²) in [7, 11) is -2.95. The van der Waals surface area contributed by atoms with Crippen LogP contribution in [0.2, 0.25) is 0 Å². The van der Waals surface area contributed by atoms with Crippen molar-refractivity contribution in [3.05, 3.63) is 95.8 Å². The van der Waals surface area contributed by atoms with E-state index in [9.17, 15) is 22.0 Å². The number of aromatic nitrogens is 4. The van der Waals surface area contributed by atoms with Crippen LogP contribution in [0.1, 0.15) is 15.9 Å². The van der Waals surface area contributed by atoms with Gasteiger partial charge in [-0.15, -0.1) is 0 Å². The minimum Gasteiger partial charge on any atom is -0.467 e. The van der Waals surface area contributed by atoms with E-state index in [0.29, 0.717) is 11.1 Å². The van der Waals surface area contributed by atoms with Crippen LogP contribution < -0.4 is 9.46 Å². The molecule has 5 rings (SSSR count). The van der Waals surface area contributed by atoms with E-state index in [1.165, 1.54) is 31.9 Å². The van der Waals surface area contributed by atoms with E-state index in [1.807, 2.05) is 4.72 Å². The third-order valence-electron chi connectivity index (χ3n) is 5.61. The third-order valence-corrected chi connectivity index (χ3v) is 6.99. The molecule has 38 heavy (non-hydrogen) atoms. The molecule has 3 aromatic heterocycles. The van der Waals surface area contributed by atoms with Crippen LogP contribution in [0.4, 0.5) is 18.9 Å². The Hall–Kier alpha value is -4.78. The number of nitrogens with one attached hydrogen (secondary N) is 2. The Kier molecular flexibility index (Phi) is 6.28.